The number of hydrogen-bond acceptors (Lipinski definition) is 6. The number of nitrogens with zero attached hydrogens (tertiary/aromatic N) is 3. The molecule has 2 aromatic heterocycles. The number of aromatic nitrogens is 2. The Kier molecular flexibility index (Phi) is 6.09. The van der Waals surface area contributed by atoms with Gasteiger partial charge in [0.1, 0.15) is 5.75 Å². The quantitative estimate of drug-likeness (QED) is 0.636. The summed E-state index contributed by atoms with van der Waals surface area (Å²) in [5.41, 5.74) is 1.67. The van der Waals surface area contributed by atoms with Crippen molar-refractivity contribution in [2.24, 2.45) is 5.92 Å². The van der Waals surface area contributed by atoms with Crippen LogP contribution in [-0.2, 0) is 6.42 Å². The molecule has 0 aliphatic carbocycles. The van der Waals surface area contributed by atoms with Gasteiger partial charge in [0, 0.05) is 30.5 Å². The van der Waals surface area contributed by atoms with Gasteiger partial charge in [-0.05, 0) is 49.3 Å². The minimum Gasteiger partial charge on any atom is -0.492 e. The predicted octanol–water partition coefficient (Wildman–Crippen LogP) is 4.68. The van der Waals surface area contributed by atoms with Gasteiger partial charge in [-0.15, -0.1) is 0 Å². The number of anilines is 1. The van der Waals surface area contributed by atoms with Gasteiger partial charge in [0.2, 0.25) is 11.7 Å². The van der Waals surface area contributed by atoms with E-state index in [1.165, 1.54) is 0 Å². The van der Waals surface area contributed by atoms with Crippen LogP contribution in [-0.4, -0.2) is 40.8 Å². The monoisotopic (exact) mass is 412 g/mol. The Morgan fingerprint density at radius 3 is 3.10 bits per heavy atom. The summed E-state index contributed by atoms with van der Waals surface area (Å²) in [6.45, 7) is 3.88. The summed E-state index contributed by atoms with van der Waals surface area (Å²) in [4.78, 5) is 19.2. The molecule has 2 amide bonds. The maximum absolute atomic E-state index is 12.8. The van der Waals surface area contributed by atoms with Crippen LogP contribution in [0.4, 0.5) is 10.5 Å². The zero-order valence-electron chi connectivity index (χ0n) is 16.3. The smallest absolute Gasteiger partial charge is 0.321 e. The second-order valence-corrected chi connectivity index (χ2v) is 7.82. The highest BCUT2D eigenvalue weighted by atomic mass is 32.1. The molecule has 1 unspecified atom stereocenters. The molecule has 3 heterocycles. The first kappa shape index (κ1) is 19.4. The SMILES string of the molecule is CCOc1ccccc1NC(=O)N1CCCC(Cc2nc(-c3ccsc3)no2)C1. The van der Waals surface area contributed by atoms with Crippen LogP contribution in [0.1, 0.15) is 25.7 Å². The van der Waals surface area contributed by atoms with Crippen LogP contribution in [0.15, 0.2) is 45.6 Å². The Hall–Kier alpha value is -2.87. The molecule has 1 saturated heterocycles. The standard InChI is InChI=1S/C21H24N4O3S/c1-2-27-18-8-4-3-7-17(18)22-21(26)25-10-5-6-15(13-25)12-19-23-20(24-28-19)16-9-11-29-14-16/h3-4,7-9,11,14-15H,2,5-6,10,12-13H2,1H3,(H,22,26). The number of nitrogens with one attached hydrogen (secondary N) is 1. The number of likely N-dealkylation sites (tertiary alicyclic amines) is 1. The molecule has 1 aliphatic rings. The fraction of sp³-hybridized carbons (Fsp3) is 0.381. The number of carbonyl (C=O) groups is 1. The van der Waals surface area contributed by atoms with Gasteiger partial charge in [-0.1, -0.05) is 17.3 Å². The van der Waals surface area contributed by atoms with Crippen molar-refractivity contribution in [2.75, 3.05) is 25.0 Å². The van der Waals surface area contributed by atoms with Gasteiger partial charge < -0.3 is 19.5 Å². The van der Waals surface area contributed by atoms with E-state index in [-0.39, 0.29) is 6.03 Å². The molecule has 0 radical (unpaired) electrons. The summed E-state index contributed by atoms with van der Waals surface area (Å²) in [5.74, 6) is 2.23. The topological polar surface area (TPSA) is 80.5 Å². The number of hydrogen-bond donors (Lipinski definition) is 1. The van der Waals surface area contributed by atoms with Crippen molar-refractivity contribution >= 4 is 23.1 Å². The normalized spacial score (nSPS) is 16.6. The van der Waals surface area contributed by atoms with Crippen LogP contribution in [0.5, 0.6) is 5.75 Å². The van der Waals surface area contributed by atoms with E-state index in [2.05, 4.69) is 15.5 Å². The first-order valence-electron chi connectivity index (χ1n) is 9.86. The minimum atomic E-state index is -0.105. The molecule has 4 rings (SSSR count). The fourth-order valence-corrected chi connectivity index (χ4v) is 4.19. The summed E-state index contributed by atoms with van der Waals surface area (Å²) < 4.78 is 11.0. The average Bonchev–Trinajstić information content (AvgIpc) is 3.42. The third kappa shape index (κ3) is 4.76. The van der Waals surface area contributed by atoms with Crippen LogP contribution in [0, 0.1) is 5.92 Å². The van der Waals surface area contributed by atoms with Crippen LogP contribution >= 0.6 is 11.3 Å². The third-order valence-electron chi connectivity index (χ3n) is 4.95. The van der Waals surface area contributed by atoms with E-state index in [0.717, 1.165) is 24.9 Å². The summed E-state index contributed by atoms with van der Waals surface area (Å²) in [7, 11) is 0. The van der Waals surface area contributed by atoms with E-state index < -0.39 is 0 Å². The maximum Gasteiger partial charge on any atom is 0.321 e. The Balaban J connectivity index is 1.36. The molecule has 1 aliphatic heterocycles. The number of urea groups is 1. The second-order valence-electron chi connectivity index (χ2n) is 7.04. The molecule has 1 atom stereocenters. The van der Waals surface area contributed by atoms with E-state index in [1.54, 1.807) is 11.3 Å². The lowest BCUT2D eigenvalue weighted by Crippen LogP contribution is -2.42. The van der Waals surface area contributed by atoms with Crippen molar-refractivity contribution in [2.45, 2.75) is 26.2 Å². The molecule has 0 spiro atoms. The minimum absolute atomic E-state index is 0.105. The van der Waals surface area contributed by atoms with E-state index in [4.69, 9.17) is 9.26 Å². The largest absolute Gasteiger partial charge is 0.492 e. The molecule has 8 heteroatoms. The summed E-state index contributed by atoms with van der Waals surface area (Å²) >= 11 is 1.61. The Labute approximate surface area is 173 Å². The molecule has 152 valence electrons. The van der Waals surface area contributed by atoms with Crippen LogP contribution in [0.25, 0.3) is 11.4 Å². The van der Waals surface area contributed by atoms with Gasteiger partial charge in [0.05, 0.1) is 12.3 Å². The molecule has 1 fully saturated rings. The van der Waals surface area contributed by atoms with E-state index in [9.17, 15) is 4.79 Å². The van der Waals surface area contributed by atoms with Crippen molar-refractivity contribution in [3.63, 3.8) is 0 Å². The molecule has 1 aromatic carbocycles. The van der Waals surface area contributed by atoms with Crippen LogP contribution in [0.3, 0.4) is 0 Å². The molecule has 0 saturated carbocycles. The first-order chi connectivity index (χ1) is 14.2. The van der Waals surface area contributed by atoms with E-state index in [0.29, 0.717) is 48.6 Å². The zero-order valence-corrected chi connectivity index (χ0v) is 17.2. The van der Waals surface area contributed by atoms with E-state index >= 15 is 0 Å². The Morgan fingerprint density at radius 1 is 1.38 bits per heavy atom. The van der Waals surface area contributed by atoms with Gasteiger partial charge >= 0.3 is 6.03 Å². The molecule has 7 nitrogen and oxygen atoms in total. The highest BCUT2D eigenvalue weighted by Gasteiger charge is 2.26. The number of piperidine rings is 1. The van der Waals surface area contributed by atoms with Gasteiger partial charge in [-0.2, -0.15) is 16.3 Å². The number of ether oxygens (including phenoxy) is 1. The summed E-state index contributed by atoms with van der Waals surface area (Å²) in [6, 6.07) is 9.37. The summed E-state index contributed by atoms with van der Waals surface area (Å²) in [6.07, 6.45) is 2.67. The lowest BCUT2D eigenvalue weighted by Gasteiger charge is -2.32. The number of para-hydroxylation sites is 2. The van der Waals surface area contributed by atoms with Gasteiger partial charge in [0.25, 0.3) is 0 Å². The number of thiophene rings is 1. The lowest BCUT2D eigenvalue weighted by atomic mass is 9.95. The number of carbonyl (C=O) groups excluding carboxylic acids is 1. The van der Waals surface area contributed by atoms with Crippen molar-refractivity contribution in [3.8, 4) is 17.1 Å². The molecular formula is C21H24N4O3S. The Bertz CT molecular complexity index is 941. The fourth-order valence-electron chi connectivity index (χ4n) is 3.56. The van der Waals surface area contributed by atoms with Gasteiger partial charge in [-0.25, -0.2) is 4.79 Å². The van der Waals surface area contributed by atoms with Gasteiger partial charge in [0.15, 0.2) is 0 Å². The average molecular weight is 413 g/mol. The first-order valence-corrected chi connectivity index (χ1v) is 10.8. The summed E-state index contributed by atoms with van der Waals surface area (Å²) in [5, 5.41) is 11.1. The highest BCUT2D eigenvalue weighted by Crippen LogP contribution is 2.26. The molecule has 1 N–H and O–H groups in total. The molecular weight excluding hydrogens is 388 g/mol. The van der Waals surface area contributed by atoms with Crippen molar-refractivity contribution < 1.29 is 14.1 Å². The molecule has 3 aromatic rings. The van der Waals surface area contributed by atoms with Crippen molar-refractivity contribution in [1.82, 2.24) is 15.0 Å². The highest BCUT2D eigenvalue weighted by molar-refractivity contribution is 7.08. The van der Waals surface area contributed by atoms with Crippen molar-refractivity contribution in [3.05, 3.63) is 47.0 Å². The second kappa shape index (κ2) is 9.09. The number of rotatable bonds is 6. The number of benzene rings is 1. The van der Waals surface area contributed by atoms with Crippen LogP contribution < -0.4 is 10.1 Å². The lowest BCUT2D eigenvalue weighted by molar-refractivity contribution is 0.173. The van der Waals surface area contributed by atoms with Crippen molar-refractivity contribution in [1.29, 1.82) is 0 Å². The number of amides is 2. The van der Waals surface area contributed by atoms with Gasteiger partial charge in [-0.3, -0.25) is 0 Å². The van der Waals surface area contributed by atoms with E-state index in [1.807, 2.05) is 52.9 Å². The third-order valence-corrected chi connectivity index (χ3v) is 5.63. The molecule has 0 bridgehead atoms. The van der Waals surface area contributed by atoms with Crippen LogP contribution in [0.2, 0.25) is 0 Å². The molecule has 29 heavy (non-hydrogen) atoms. The maximum atomic E-state index is 12.8. The Morgan fingerprint density at radius 2 is 2.28 bits per heavy atom. The zero-order chi connectivity index (χ0) is 20.1. The predicted molar refractivity (Wildman–Crippen MR) is 112 cm³/mol.